The number of anilines is 2. The average Bonchev–Trinajstić information content (AvgIpc) is 3.52. The summed E-state index contributed by atoms with van der Waals surface area (Å²) in [6, 6.07) is 14.1. The number of hydrogen-bond acceptors (Lipinski definition) is 7. The fourth-order valence-corrected chi connectivity index (χ4v) is 5.66. The fraction of sp³-hybridized carbons (Fsp3) is 0.200. The molecule has 0 spiro atoms. The molecule has 1 saturated carbocycles. The Morgan fingerprint density at radius 2 is 1.89 bits per heavy atom. The van der Waals surface area contributed by atoms with Gasteiger partial charge in [0.25, 0.3) is 10.0 Å². The Morgan fingerprint density at radius 3 is 2.66 bits per heavy atom. The number of nitrogens with zero attached hydrogens (tertiary/aromatic N) is 4. The molecule has 5 rings (SSSR count). The van der Waals surface area contributed by atoms with Crippen molar-refractivity contribution < 1.29 is 13.2 Å². The molecule has 0 aliphatic heterocycles. The van der Waals surface area contributed by atoms with Crippen LogP contribution in [-0.4, -0.2) is 28.7 Å². The zero-order valence-electron chi connectivity index (χ0n) is 18.7. The molecule has 0 bridgehead atoms. The van der Waals surface area contributed by atoms with Crippen LogP contribution in [0.4, 0.5) is 11.5 Å². The van der Waals surface area contributed by atoms with Gasteiger partial charge >= 0.3 is 0 Å². The van der Waals surface area contributed by atoms with E-state index in [9.17, 15) is 13.2 Å². The molecule has 1 fully saturated rings. The Balaban J connectivity index is 1.50. The summed E-state index contributed by atoms with van der Waals surface area (Å²) in [5, 5.41) is 9.57. The Hall–Kier alpha value is -4.23. The summed E-state index contributed by atoms with van der Waals surface area (Å²) in [7, 11) is -3.96. The van der Waals surface area contributed by atoms with Crippen LogP contribution in [0.25, 0.3) is 11.0 Å². The molecular weight excluding hydrogens is 464 g/mol. The number of carbonyl (C=O) groups excluding carboxylic acids is 1. The zero-order valence-corrected chi connectivity index (χ0v) is 19.5. The van der Waals surface area contributed by atoms with Crippen molar-refractivity contribution in [2.45, 2.75) is 36.6 Å². The van der Waals surface area contributed by atoms with Gasteiger partial charge in [-0.15, -0.1) is 0 Å². The average molecular weight is 487 g/mol. The van der Waals surface area contributed by atoms with Gasteiger partial charge in [0.1, 0.15) is 17.8 Å². The third kappa shape index (κ3) is 4.22. The molecule has 0 saturated heterocycles. The molecule has 35 heavy (non-hydrogen) atoms. The van der Waals surface area contributed by atoms with Gasteiger partial charge in [-0.05, 0) is 43.2 Å². The topological polar surface area (TPSA) is 144 Å². The Morgan fingerprint density at radius 1 is 1.11 bits per heavy atom. The quantitative estimate of drug-likeness (QED) is 0.392. The molecule has 0 radical (unpaired) electrons. The maximum Gasteiger partial charge on any atom is 0.261 e. The van der Waals surface area contributed by atoms with E-state index in [1.54, 1.807) is 24.4 Å². The number of carbonyl (C=O) groups is 1. The first-order valence-corrected chi connectivity index (χ1v) is 12.6. The van der Waals surface area contributed by atoms with Gasteiger partial charge in [-0.3, -0.25) is 9.52 Å². The maximum absolute atomic E-state index is 13.6. The molecular formula is C25H22N6O3S. The molecule has 0 unspecified atom stereocenters. The maximum atomic E-state index is 13.6. The van der Waals surface area contributed by atoms with Crippen molar-refractivity contribution in [1.29, 1.82) is 5.26 Å². The van der Waals surface area contributed by atoms with Crippen LogP contribution in [0.3, 0.4) is 0 Å². The van der Waals surface area contributed by atoms with Crippen molar-refractivity contribution in [3.05, 3.63) is 77.7 Å². The standard InChI is InChI=1S/C25H22N6O3S/c26-13-16-5-3-10-20(11-16)35(33,34)30-18-7-4-6-17(12-18)23(32)21-14-31(19-8-1-2-9-19)25-22(21)24(27)28-15-29-25/h3-7,10-12,14-15,19,30H,1-2,8-9H2,(H2,27,28,29). The van der Waals surface area contributed by atoms with Crippen LogP contribution in [-0.2, 0) is 10.0 Å². The minimum absolute atomic E-state index is 0.0437. The molecule has 0 amide bonds. The first kappa shape index (κ1) is 22.6. The lowest BCUT2D eigenvalue weighted by molar-refractivity contribution is 0.104. The zero-order chi connectivity index (χ0) is 24.6. The van der Waals surface area contributed by atoms with E-state index in [-0.39, 0.29) is 33.8 Å². The number of aromatic nitrogens is 3. The number of nitrogens with one attached hydrogen (secondary N) is 1. The largest absolute Gasteiger partial charge is 0.383 e. The van der Waals surface area contributed by atoms with Gasteiger partial charge in [-0.2, -0.15) is 5.26 Å². The highest BCUT2D eigenvalue weighted by molar-refractivity contribution is 7.92. The lowest BCUT2D eigenvalue weighted by Crippen LogP contribution is -2.13. The molecule has 3 N–H and O–H groups in total. The summed E-state index contributed by atoms with van der Waals surface area (Å²) in [4.78, 5) is 22.0. The predicted octanol–water partition coefficient (Wildman–Crippen LogP) is 4.03. The molecule has 9 nitrogen and oxygen atoms in total. The van der Waals surface area contributed by atoms with Gasteiger partial charge in [-0.1, -0.05) is 31.0 Å². The van der Waals surface area contributed by atoms with Gasteiger partial charge < -0.3 is 10.3 Å². The lowest BCUT2D eigenvalue weighted by Gasteiger charge is -2.12. The number of benzene rings is 2. The van der Waals surface area contributed by atoms with Crippen molar-refractivity contribution >= 4 is 38.3 Å². The molecule has 1 aliphatic rings. The highest BCUT2D eigenvalue weighted by atomic mass is 32.2. The monoisotopic (exact) mass is 486 g/mol. The third-order valence-electron chi connectivity index (χ3n) is 6.25. The molecule has 1 aliphatic carbocycles. The number of nitrogens with two attached hydrogens (primary N) is 1. The number of sulfonamides is 1. The smallest absolute Gasteiger partial charge is 0.261 e. The first-order chi connectivity index (χ1) is 16.9. The molecule has 0 atom stereocenters. The minimum atomic E-state index is -3.96. The van der Waals surface area contributed by atoms with E-state index in [0.717, 1.165) is 25.7 Å². The third-order valence-corrected chi connectivity index (χ3v) is 7.63. The van der Waals surface area contributed by atoms with Gasteiger partial charge in [0.2, 0.25) is 0 Å². The van der Waals surface area contributed by atoms with Crippen LogP contribution in [0.5, 0.6) is 0 Å². The van der Waals surface area contributed by atoms with Crippen LogP contribution >= 0.6 is 0 Å². The number of hydrogen-bond donors (Lipinski definition) is 2. The van der Waals surface area contributed by atoms with E-state index >= 15 is 0 Å². The van der Waals surface area contributed by atoms with E-state index in [1.165, 1.54) is 36.7 Å². The number of rotatable bonds is 6. The second kappa shape index (κ2) is 8.85. The molecule has 2 aromatic carbocycles. The molecule has 2 heterocycles. The Kier molecular flexibility index (Phi) is 5.70. The summed E-state index contributed by atoms with van der Waals surface area (Å²) >= 11 is 0. The van der Waals surface area contributed by atoms with E-state index in [0.29, 0.717) is 22.2 Å². The van der Waals surface area contributed by atoms with Crippen LogP contribution in [0.2, 0.25) is 0 Å². The Labute approximate surface area is 202 Å². The summed E-state index contributed by atoms with van der Waals surface area (Å²) in [6.45, 7) is 0. The SMILES string of the molecule is N#Cc1cccc(S(=O)(=O)Nc2cccc(C(=O)c3cn(C4CCCC4)c4ncnc(N)c34)c2)c1. The molecule has 2 aromatic heterocycles. The fourth-order valence-electron chi connectivity index (χ4n) is 4.57. The van der Waals surface area contributed by atoms with Gasteiger partial charge in [0.15, 0.2) is 5.78 Å². The van der Waals surface area contributed by atoms with Crippen molar-refractivity contribution in [3.8, 4) is 6.07 Å². The van der Waals surface area contributed by atoms with E-state index in [4.69, 9.17) is 11.0 Å². The second-order valence-electron chi connectivity index (χ2n) is 8.50. The lowest BCUT2D eigenvalue weighted by atomic mass is 10.0. The van der Waals surface area contributed by atoms with Gasteiger partial charge in [-0.25, -0.2) is 18.4 Å². The Bertz CT molecular complexity index is 1600. The summed E-state index contributed by atoms with van der Waals surface area (Å²) in [5.74, 6) is -0.0786. The van der Waals surface area contributed by atoms with E-state index in [2.05, 4.69) is 14.7 Å². The van der Waals surface area contributed by atoms with Gasteiger partial charge in [0.05, 0.1) is 27.5 Å². The van der Waals surface area contributed by atoms with Crippen LogP contribution in [0.1, 0.15) is 53.2 Å². The van der Waals surface area contributed by atoms with E-state index < -0.39 is 10.0 Å². The molecule has 4 aromatic rings. The highest BCUT2D eigenvalue weighted by Crippen LogP contribution is 2.35. The number of fused-ring (bicyclic) bond motifs is 1. The number of nitrogen functional groups attached to an aromatic ring is 1. The van der Waals surface area contributed by atoms with Gasteiger partial charge in [0, 0.05) is 23.5 Å². The van der Waals surface area contributed by atoms with Crippen LogP contribution in [0, 0.1) is 11.3 Å². The van der Waals surface area contributed by atoms with Crippen LogP contribution < -0.4 is 10.5 Å². The van der Waals surface area contributed by atoms with Crippen molar-refractivity contribution in [2.75, 3.05) is 10.5 Å². The first-order valence-electron chi connectivity index (χ1n) is 11.2. The summed E-state index contributed by atoms with van der Waals surface area (Å²) in [5.41, 5.74) is 7.91. The van der Waals surface area contributed by atoms with Crippen LogP contribution in [0.15, 0.2) is 66.0 Å². The summed E-state index contributed by atoms with van der Waals surface area (Å²) < 4.78 is 30.2. The van der Waals surface area contributed by atoms with Crippen molar-refractivity contribution in [2.24, 2.45) is 0 Å². The number of ketones is 1. The predicted molar refractivity (Wildman–Crippen MR) is 131 cm³/mol. The number of nitriles is 1. The molecule has 10 heteroatoms. The van der Waals surface area contributed by atoms with Crippen molar-refractivity contribution in [3.63, 3.8) is 0 Å². The normalized spacial score (nSPS) is 14.1. The minimum Gasteiger partial charge on any atom is -0.383 e. The van der Waals surface area contributed by atoms with Crippen molar-refractivity contribution in [1.82, 2.24) is 14.5 Å². The second-order valence-corrected chi connectivity index (χ2v) is 10.2. The van der Waals surface area contributed by atoms with E-state index in [1.807, 2.05) is 10.6 Å². The molecule has 176 valence electrons. The highest BCUT2D eigenvalue weighted by Gasteiger charge is 2.26. The summed E-state index contributed by atoms with van der Waals surface area (Å²) in [6.07, 6.45) is 7.44.